The fraction of sp³-hybridized carbons (Fsp3) is 0.692. The Balaban J connectivity index is 2.03. The van der Waals surface area contributed by atoms with Crippen LogP contribution in [0, 0.1) is 0 Å². The first-order valence-electron chi connectivity index (χ1n) is 6.20. The first-order valence-corrected chi connectivity index (χ1v) is 7.01. The highest BCUT2D eigenvalue weighted by Crippen LogP contribution is 2.37. The fourth-order valence-electron chi connectivity index (χ4n) is 2.33. The monoisotopic (exact) mass is 239 g/mol. The molecule has 0 fully saturated rings. The van der Waals surface area contributed by atoms with Crippen molar-refractivity contribution in [1.82, 2.24) is 5.32 Å². The highest BCUT2D eigenvalue weighted by molar-refractivity contribution is 7.12. The summed E-state index contributed by atoms with van der Waals surface area (Å²) in [6, 6.07) is 2.37. The highest BCUT2D eigenvalue weighted by Gasteiger charge is 2.22. The number of nitrogens with one attached hydrogen (secondary N) is 1. The van der Waals surface area contributed by atoms with Gasteiger partial charge >= 0.3 is 0 Å². The van der Waals surface area contributed by atoms with Crippen molar-refractivity contribution in [2.75, 3.05) is 20.2 Å². The lowest BCUT2D eigenvalue weighted by molar-refractivity contribution is 0.0888. The van der Waals surface area contributed by atoms with E-state index in [-0.39, 0.29) is 0 Å². The lowest BCUT2D eigenvalue weighted by atomic mass is 9.96. The summed E-state index contributed by atoms with van der Waals surface area (Å²) < 4.78 is 5.55. The van der Waals surface area contributed by atoms with Crippen molar-refractivity contribution in [3.63, 3.8) is 0 Å². The van der Waals surface area contributed by atoms with Crippen LogP contribution in [0.15, 0.2) is 6.07 Å². The van der Waals surface area contributed by atoms with Crippen LogP contribution in [-0.2, 0) is 17.6 Å². The zero-order valence-electron chi connectivity index (χ0n) is 10.2. The molecule has 0 aliphatic heterocycles. The number of fused-ring (bicyclic) bond motifs is 1. The van der Waals surface area contributed by atoms with Crippen molar-refractivity contribution < 1.29 is 4.74 Å². The molecular weight excluding hydrogens is 218 g/mol. The third-order valence-electron chi connectivity index (χ3n) is 3.19. The van der Waals surface area contributed by atoms with Crippen molar-refractivity contribution in [2.45, 2.75) is 38.7 Å². The van der Waals surface area contributed by atoms with Crippen LogP contribution in [0.25, 0.3) is 0 Å². The molecule has 1 heterocycles. The van der Waals surface area contributed by atoms with Gasteiger partial charge in [-0.05, 0) is 50.4 Å². The molecule has 0 saturated carbocycles. The van der Waals surface area contributed by atoms with Crippen LogP contribution >= 0.6 is 11.3 Å². The van der Waals surface area contributed by atoms with Crippen molar-refractivity contribution in [1.29, 1.82) is 0 Å². The number of hydrogen-bond donors (Lipinski definition) is 1. The molecule has 1 aliphatic carbocycles. The van der Waals surface area contributed by atoms with E-state index in [2.05, 4.69) is 18.3 Å². The van der Waals surface area contributed by atoms with Gasteiger partial charge in [-0.3, -0.25) is 0 Å². The van der Waals surface area contributed by atoms with E-state index in [4.69, 9.17) is 4.74 Å². The van der Waals surface area contributed by atoms with E-state index in [1.54, 1.807) is 4.88 Å². The minimum absolute atomic E-state index is 0.355. The lowest BCUT2D eigenvalue weighted by Gasteiger charge is -2.20. The Morgan fingerprint density at radius 1 is 1.56 bits per heavy atom. The number of hydrogen-bond acceptors (Lipinski definition) is 3. The molecule has 1 aliphatic rings. The number of thiophene rings is 1. The molecule has 1 atom stereocenters. The molecule has 0 radical (unpaired) electrons. The maximum Gasteiger partial charge on any atom is 0.0832 e. The molecule has 0 spiro atoms. The predicted molar refractivity (Wildman–Crippen MR) is 69.3 cm³/mol. The molecule has 1 unspecified atom stereocenters. The average molecular weight is 239 g/mol. The molecule has 2 rings (SSSR count). The lowest BCUT2D eigenvalue weighted by Crippen LogP contribution is -2.15. The van der Waals surface area contributed by atoms with Crippen molar-refractivity contribution in [3.8, 4) is 0 Å². The van der Waals surface area contributed by atoms with Crippen LogP contribution in [0.2, 0.25) is 0 Å². The Hall–Kier alpha value is -0.380. The third-order valence-corrected chi connectivity index (χ3v) is 4.46. The fourth-order valence-corrected chi connectivity index (χ4v) is 3.59. The maximum absolute atomic E-state index is 5.55. The normalized spacial score (nSPS) is 19.8. The van der Waals surface area contributed by atoms with Crippen LogP contribution in [0.5, 0.6) is 0 Å². The van der Waals surface area contributed by atoms with Crippen molar-refractivity contribution in [2.24, 2.45) is 0 Å². The number of ether oxygens (including phenoxy) is 1. The smallest absolute Gasteiger partial charge is 0.0832 e. The zero-order chi connectivity index (χ0) is 11.4. The zero-order valence-corrected chi connectivity index (χ0v) is 11.0. The summed E-state index contributed by atoms with van der Waals surface area (Å²) in [6.07, 6.45) is 5.22. The minimum atomic E-state index is 0.355. The van der Waals surface area contributed by atoms with Gasteiger partial charge < -0.3 is 10.1 Å². The number of rotatable bonds is 5. The largest absolute Gasteiger partial charge is 0.377 e. The quantitative estimate of drug-likeness (QED) is 0.798. The summed E-state index contributed by atoms with van der Waals surface area (Å²) in [5, 5.41) is 3.38. The third kappa shape index (κ3) is 2.65. The SMILES string of the molecule is CCNCCc1cc2c(s1)CCCC2OC. The van der Waals surface area contributed by atoms with Crippen molar-refractivity contribution >= 4 is 11.3 Å². The van der Waals surface area contributed by atoms with E-state index >= 15 is 0 Å². The van der Waals surface area contributed by atoms with Gasteiger partial charge in [-0.25, -0.2) is 0 Å². The first kappa shape index (κ1) is 12.1. The minimum Gasteiger partial charge on any atom is -0.377 e. The Kier molecular flexibility index (Phi) is 4.38. The molecule has 1 aromatic rings. The van der Waals surface area contributed by atoms with Crippen LogP contribution in [0.1, 0.15) is 41.2 Å². The maximum atomic E-state index is 5.55. The van der Waals surface area contributed by atoms with Gasteiger partial charge in [0.1, 0.15) is 0 Å². The summed E-state index contributed by atoms with van der Waals surface area (Å²) in [4.78, 5) is 3.07. The van der Waals surface area contributed by atoms with E-state index in [9.17, 15) is 0 Å². The van der Waals surface area contributed by atoms with E-state index in [0.717, 1.165) is 19.5 Å². The molecule has 2 nitrogen and oxygen atoms in total. The molecule has 0 aromatic carbocycles. The second kappa shape index (κ2) is 5.80. The highest BCUT2D eigenvalue weighted by atomic mass is 32.1. The van der Waals surface area contributed by atoms with E-state index < -0.39 is 0 Å². The molecule has 1 aromatic heterocycles. The second-order valence-electron chi connectivity index (χ2n) is 4.31. The van der Waals surface area contributed by atoms with Gasteiger partial charge in [0, 0.05) is 16.9 Å². The molecule has 0 bridgehead atoms. The van der Waals surface area contributed by atoms with E-state index in [1.165, 1.54) is 29.7 Å². The predicted octanol–water partition coefficient (Wildman–Crippen LogP) is 2.92. The molecule has 90 valence electrons. The topological polar surface area (TPSA) is 21.3 Å². The van der Waals surface area contributed by atoms with Gasteiger partial charge in [-0.1, -0.05) is 6.92 Å². The Bertz CT molecular complexity index is 335. The van der Waals surface area contributed by atoms with Crippen molar-refractivity contribution in [3.05, 3.63) is 21.4 Å². The standard InChI is InChI=1S/C13H21NOS/c1-3-14-8-7-10-9-11-12(15-2)5-4-6-13(11)16-10/h9,12,14H,3-8H2,1-2H3. The van der Waals surface area contributed by atoms with E-state index in [1.807, 2.05) is 18.4 Å². The summed E-state index contributed by atoms with van der Waals surface area (Å²) in [6.45, 7) is 4.31. The second-order valence-corrected chi connectivity index (χ2v) is 5.53. The van der Waals surface area contributed by atoms with Crippen LogP contribution in [0.3, 0.4) is 0 Å². The van der Waals surface area contributed by atoms with Crippen LogP contribution < -0.4 is 5.32 Å². The number of aryl methyl sites for hydroxylation is 1. The summed E-state index contributed by atoms with van der Waals surface area (Å²) in [5.41, 5.74) is 1.46. The Morgan fingerprint density at radius 2 is 2.44 bits per heavy atom. The van der Waals surface area contributed by atoms with Gasteiger partial charge in [0.15, 0.2) is 0 Å². The molecule has 1 N–H and O–H groups in total. The Labute approximate surface area is 102 Å². The van der Waals surface area contributed by atoms with E-state index in [0.29, 0.717) is 6.10 Å². The number of methoxy groups -OCH3 is 1. The van der Waals surface area contributed by atoms with Crippen LogP contribution in [0.4, 0.5) is 0 Å². The van der Waals surface area contributed by atoms with Crippen LogP contribution in [-0.4, -0.2) is 20.2 Å². The number of likely N-dealkylation sites (N-methyl/N-ethyl adjacent to an activating group) is 1. The molecule has 0 amide bonds. The molecular formula is C13H21NOS. The van der Waals surface area contributed by atoms with Gasteiger partial charge in [0.25, 0.3) is 0 Å². The summed E-state index contributed by atoms with van der Waals surface area (Å²) in [5.74, 6) is 0. The molecule has 16 heavy (non-hydrogen) atoms. The van der Waals surface area contributed by atoms with Gasteiger partial charge in [0.05, 0.1) is 6.10 Å². The first-order chi connectivity index (χ1) is 7.85. The van der Waals surface area contributed by atoms with Gasteiger partial charge in [0.2, 0.25) is 0 Å². The van der Waals surface area contributed by atoms with Gasteiger partial charge in [-0.2, -0.15) is 0 Å². The molecule has 0 saturated heterocycles. The Morgan fingerprint density at radius 3 is 3.19 bits per heavy atom. The summed E-state index contributed by atoms with van der Waals surface area (Å²) in [7, 11) is 1.83. The average Bonchev–Trinajstić information content (AvgIpc) is 2.71. The summed E-state index contributed by atoms with van der Waals surface area (Å²) >= 11 is 1.98. The molecule has 3 heteroatoms. The van der Waals surface area contributed by atoms with Gasteiger partial charge in [-0.15, -0.1) is 11.3 Å².